The second-order valence-corrected chi connectivity index (χ2v) is 7.95. The molecule has 0 unspecified atom stereocenters. The Labute approximate surface area is 175 Å². The molecule has 4 rings (SSSR count). The Bertz CT molecular complexity index is 976. The number of imide groups is 1. The van der Waals surface area contributed by atoms with E-state index < -0.39 is 0 Å². The van der Waals surface area contributed by atoms with Gasteiger partial charge in [-0.2, -0.15) is 0 Å². The van der Waals surface area contributed by atoms with Crippen molar-refractivity contribution in [2.75, 3.05) is 25.1 Å². The SMILES string of the molecule is COc1ccccc1C1=C(N2CCC(C)CC2)C(=O)N(c2ccc(Cl)cc2)C1=O. The minimum atomic E-state index is -0.338. The molecule has 0 aliphatic carbocycles. The minimum Gasteiger partial charge on any atom is -0.496 e. The predicted octanol–water partition coefficient (Wildman–Crippen LogP) is 4.37. The third-order valence-electron chi connectivity index (χ3n) is 5.62. The van der Waals surface area contributed by atoms with E-state index in [1.807, 2.05) is 18.2 Å². The highest BCUT2D eigenvalue weighted by atomic mass is 35.5. The number of hydrogen-bond acceptors (Lipinski definition) is 4. The third kappa shape index (κ3) is 3.51. The molecule has 2 aliphatic heterocycles. The molecular weight excluding hydrogens is 388 g/mol. The molecule has 2 aliphatic rings. The topological polar surface area (TPSA) is 49.9 Å². The van der Waals surface area contributed by atoms with Crippen molar-refractivity contribution in [3.05, 3.63) is 64.8 Å². The van der Waals surface area contributed by atoms with Crippen molar-refractivity contribution in [3.63, 3.8) is 0 Å². The normalized spacial score (nSPS) is 18.0. The zero-order valence-corrected chi connectivity index (χ0v) is 17.3. The van der Waals surface area contributed by atoms with Crippen molar-refractivity contribution in [2.24, 2.45) is 5.92 Å². The van der Waals surface area contributed by atoms with Crippen LogP contribution in [0.4, 0.5) is 5.69 Å². The Morgan fingerprint density at radius 2 is 1.62 bits per heavy atom. The molecule has 0 saturated carbocycles. The number of hydrogen-bond donors (Lipinski definition) is 0. The molecule has 1 fully saturated rings. The van der Waals surface area contributed by atoms with E-state index in [2.05, 4.69) is 11.8 Å². The zero-order chi connectivity index (χ0) is 20.5. The van der Waals surface area contributed by atoms with Crippen LogP contribution in [0.25, 0.3) is 5.57 Å². The van der Waals surface area contributed by atoms with Gasteiger partial charge in [-0.25, -0.2) is 4.90 Å². The van der Waals surface area contributed by atoms with Crippen LogP contribution in [0.2, 0.25) is 5.02 Å². The van der Waals surface area contributed by atoms with Crippen LogP contribution in [0.1, 0.15) is 25.3 Å². The highest BCUT2D eigenvalue weighted by Crippen LogP contribution is 2.39. The van der Waals surface area contributed by atoms with Crippen LogP contribution in [-0.4, -0.2) is 36.9 Å². The molecule has 0 bridgehead atoms. The lowest BCUT2D eigenvalue weighted by atomic mass is 9.97. The standard InChI is InChI=1S/C23H23ClN2O3/c1-15-11-13-25(14-12-15)21-20(18-5-3-4-6-19(18)29-2)22(27)26(23(21)28)17-9-7-16(24)8-10-17/h3-10,15H,11-14H2,1-2H3. The van der Waals surface area contributed by atoms with Gasteiger partial charge < -0.3 is 9.64 Å². The van der Waals surface area contributed by atoms with Gasteiger partial charge in [0, 0.05) is 23.7 Å². The second kappa shape index (κ2) is 7.91. The largest absolute Gasteiger partial charge is 0.496 e. The summed E-state index contributed by atoms with van der Waals surface area (Å²) in [6.45, 7) is 3.72. The fraction of sp³-hybridized carbons (Fsp3) is 0.304. The van der Waals surface area contributed by atoms with Crippen molar-refractivity contribution >= 4 is 34.7 Å². The lowest BCUT2D eigenvalue weighted by Gasteiger charge is -2.32. The van der Waals surface area contributed by atoms with Gasteiger partial charge in [-0.15, -0.1) is 0 Å². The van der Waals surface area contributed by atoms with E-state index in [1.165, 1.54) is 4.90 Å². The molecule has 2 amide bonds. The van der Waals surface area contributed by atoms with Crippen molar-refractivity contribution in [1.82, 2.24) is 4.90 Å². The van der Waals surface area contributed by atoms with Crippen molar-refractivity contribution in [1.29, 1.82) is 0 Å². The summed E-state index contributed by atoms with van der Waals surface area (Å²) in [6.07, 6.45) is 1.98. The van der Waals surface area contributed by atoms with E-state index in [0.717, 1.165) is 25.9 Å². The molecule has 29 heavy (non-hydrogen) atoms. The van der Waals surface area contributed by atoms with E-state index >= 15 is 0 Å². The van der Waals surface area contributed by atoms with E-state index in [0.29, 0.717) is 39.2 Å². The van der Waals surface area contributed by atoms with Crippen molar-refractivity contribution < 1.29 is 14.3 Å². The van der Waals surface area contributed by atoms with Crippen molar-refractivity contribution in [2.45, 2.75) is 19.8 Å². The first kappa shape index (κ1) is 19.5. The van der Waals surface area contributed by atoms with Crippen LogP contribution < -0.4 is 9.64 Å². The minimum absolute atomic E-state index is 0.298. The Balaban J connectivity index is 1.84. The number of likely N-dealkylation sites (tertiary alicyclic amines) is 1. The summed E-state index contributed by atoms with van der Waals surface area (Å²) < 4.78 is 5.50. The molecule has 2 heterocycles. The van der Waals surface area contributed by atoms with Crippen LogP contribution in [0, 0.1) is 5.92 Å². The molecule has 0 N–H and O–H groups in total. The predicted molar refractivity (Wildman–Crippen MR) is 114 cm³/mol. The fourth-order valence-electron chi connectivity index (χ4n) is 3.96. The molecular formula is C23H23ClN2O3. The highest BCUT2D eigenvalue weighted by molar-refractivity contribution is 6.45. The van der Waals surface area contributed by atoms with Crippen LogP contribution >= 0.6 is 11.6 Å². The summed E-state index contributed by atoms with van der Waals surface area (Å²) in [7, 11) is 1.57. The van der Waals surface area contributed by atoms with Gasteiger partial charge in [0.15, 0.2) is 0 Å². The number of halogens is 1. The van der Waals surface area contributed by atoms with Gasteiger partial charge in [0.2, 0.25) is 0 Å². The number of amides is 2. The summed E-state index contributed by atoms with van der Waals surface area (Å²) in [6, 6.07) is 14.1. The van der Waals surface area contributed by atoms with Gasteiger partial charge in [0.05, 0.1) is 18.4 Å². The molecule has 2 aromatic carbocycles. The average molecular weight is 411 g/mol. The van der Waals surface area contributed by atoms with Crippen LogP contribution in [0.5, 0.6) is 5.75 Å². The molecule has 2 aromatic rings. The van der Waals surface area contributed by atoms with Crippen LogP contribution in [0.3, 0.4) is 0 Å². The number of carbonyl (C=O) groups is 2. The fourth-order valence-corrected chi connectivity index (χ4v) is 4.09. The monoisotopic (exact) mass is 410 g/mol. The Hall–Kier alpha value is -2.79. The van der Waals surface area contributed by atoms with E-state index in [1.54, 1.807) is 37.4 Å². The van der Waals surface area contributed by atoms with Gasteiger partial charge in [-0.3, -0.25) is 9.59 Å². The smallest absolute Gasteiger partial charge is 0.282 e. The first-order chi connectivity index (χ1) is 14.0. The maximum absolute atomic E-state index is 13.5. The number of para-hydroxylation sites is 1. The van der Waals surface area contributed by atoms with Gasteiger partial charge in [0.25, 0.3) is 11.8 Å². The maximum atomic E-state index is 13.5. The van der Waals surface area contributed by atoms with Gasteiger partial charge in [0.1, 0.15) is 11.4 Å². The second-order valence-electron chi connectivity index (χ2n) is 7.52. The van der Waals surface area contributed by atoms with E-state index in [9.17, 15) is 9.59 Å². The highest BCUT2D eigenvalue weighted by Gasteiger charge is 2.43. The van der Waals surface area contributed by atoms with Gasteiger partial charge in [-0.1, -0.05) is 36.7 Å². The summed E-state index contributed by atoms with van der Waals surface area (Å²) in [5.74, 6) is 0.550. The number of rotatable bonds is 4. The zero-order valence-electron chi connectivity index (χ0n) is 16.5. The molecule has 0 radical (unpaired) electrons. The van der Waals surface area contributed by atoms with E-state index in [-0.39, 0.29) is 11.8 Å². The maximum Gasteiger partial charge on any atom is 0.282 e. The number of methoxy groups -OCH3 is 1. The molecule has 150 valence electrons. The van der Waals surface area contributed by atoms with Crippen LogP contribution in [-0.2, 0) is 9.59 Å². The lowest BCUT2D eigenvalue weighted by molar-refractivity contribution is -0.120. The summed E-state index contributed by atoms with van der Waals surface area (Å²) in [5.41, 5.74) is 2.01. The van der Waals surface area contributed by atoms with E-state index in [4.69, 9.17) is 16.3 Å². The molecule has 0 spiro atoms. The molecule has 0 aromatic heterocycles. The van der Waals surface area contributed by atoms with Gasteiger partial charge >= 0.3 is 0 Å². The third-order valence-corrected chi connectivity index (χ3v) is 5.87. The molecule has 1 saturated heterocycles. The van der Waals surface area contributed by atoms with Gasteiger partial charge in [-0.05, 0) is 49.1 Å². The molecule has 5 nitrogen and oxygen atoms in total. The van der Waals surface area contributed by atoms with Crippen LogP contribution in [0.15, 0.2) is 54.2 Å². The lowest BCUT2D eigenvalue weighted by Crippen LogP contribution is -2.38. The Morgan fingerprint density at radius 3 is 2.28 bits per heavy atom. The summed E-state index contributed by atoms with van der Waals surface area (Å²) in [4.78, 5) is 30.3. The Morgan fingerprint density at radius 1 is 0.966 bits per heavy atom. The number of carbonyl (C=O) groups excluding carboxylic acids is 2. The first-order valence-corrected chi connectivity index (χ1v) is 10.2. The number of piperidine rings is 1. The number of nitrogens with zero attached hydrogens (tertiary/aromatic N) is 2. The van der Waals surface area contributed by atoms with Crippen molar-refractivity contribution in [3.8, 4) is 5.75 Å². The molecule has 0 atom stereocenters. The molecule has 6 heteroatoms. The first-order valence-electron chi connectivity index (χ1n) is 9.78. The summed E-state index contributed by atoms with van der Waals surface area (Å²) >= 11 is 6.00. The average Bonchev–Trinajstić information content (AvgIpc) is 2.99. The quantitative estimate of drug-likeness (QED) is 0.702. The number of benzene rings is 2. The Kier molecular flexibility index (Phi) is 5.33. The number of anilines is 1. The number of ether oxygens (including phenoxy) is 1. The summed E-state index contributed by atoms with van der Waals surface area (Å²) in [5, 5.41) is 0.552.